The molecule has 2 rings (SSSR count). The van der Waals surface area contributed by atoms with Gasteiger partial charge in [0.2, 0.25) is 0 Å². The molecule has 0 unspecified atom stereocenters. The maximum atomic E-state index is 14.2. The van der Waals surface area contributed by atoms with Crippen molar-refractivity contribution in [2.24, 2.45) is 0 Å². The monoisotopic (exact) mass is 340 g/mol. The van der Waals surface area contributed by atoms with Crippen LogP contribution in [0.15, 0.2) is 24.3 Å². The Morgan fingerprint density at radius 2 is 1.83 bits per heavy atom. The van der Waals surface area contributed by atoms with Crippen LogP contribution in [0.4, 0.5) is 22.0 Å². The molecule has 1 aliphatic rings. The van der Waals surface area contributed by atoms with Gasteiger partial charge in [-0.25, -0.2) is 8.78 Å². The second kappa shape index (κ2) is 6.98. The summed E-state index contributed by atoms with van der Waals surface area (Å²) in [5.74, 6) is -4.06. The number of halogens is 5. The fourth-order valence-electron chi connectivity index (χ4n) is 2.63. The molecular weight excluding hydrogens is 323 g/mol. The number of aliphatic hydroxyl groups excluding tert-OH is 1. The van der Waals surface area contributed by atoms with Crippen LogP contribution in [0.3, 0.4) is 0 Å². The van der Waals surface area contributed by atoms with Crippen LogP contribution in [0, 0.1) is 0 Å². The van der Waals surface area contributed by atoms with Crippen molar-refractivity contribution in [1.29, 1.82) is 0 Å². The molecule has 130 valence electrons. The zero-order chi connectivity index (χ0) is 17.1. The quantitative estimate of drug-likeness (QED) is 0.807. The van der Waals surface area contributed by atoms with Crippen LogP contribution in [0.2, 0.25) is 0 Å². The fourth-order valence-corrected chi connectivity index (χ4v) is 2.63. The number of nitrogens with zero attached hydrogens (tertiary/aromatic N) is 1. The summed E-state index contributed by atoms with van der Waals surface area (Å²) in [5, 5.41) is 12.0. The molecule has 1 aromatic rings. The summed E-state index contributed by atoms with van der Waals surface area (Å²) in [5.41, 5.74) is -0.0345. The van der Waals surface area contributed by atoms with Gasteiger partial charge in [0.15, 0.2) is 0 Å². The van der Waals surface area contributed by atoms with Crippen LogP contribution in [-0.2, 0) is 0 Å². The minimum atomic E-state index is -4.90. The summed E-state index contributed by atoms with van der Waals surface area (Å²) < 4.78 is 69.1. The van der Waals surface area contributed by atoms with E-state index in [0.717, 1.165) is 12.1 Å². The average molecular weight is 340 g/mol. The predicted octanol–water partition coefficient (Wildman–Crippen LogP) is 2.16. The topological polar surface area (TPSA) is 44.7 Å². The SMILES string of the molecule is OCC(F)(F)[C@@H](c1cccc(OC(F)(F)F)c1)N1CCNCC1. The molecule has 0 amide bonds. The molecule has 1 heterocycles. The van der Waals surface area contributed by atoms with Gasteiger partial charge in [-0.15, -0.1) is 13.2 Å². The van der Waals surface area contributed by atoms with Gasteiger partial charge in [-0.2, -0.15) is 0 Å². The molecule has 0 aromatic heterocycles. The lowest BCUT2D eigenvalue weighted by Gasteiger charge is -2.38. The van der Waals surface area contributed by atoms with E-state index in [1.54, 1.807) is 0 Å². The molecule has 0 aliphatic carbocycles. The Kier molecular flexibility index (Phi) is 5.43. The molecule has 23 heavy (non-hydrogen) atoms. The molecule has 0 saturated carbocycles. The van der Waals surface area contributed by atoms with Crippen LogP contribution >= 0.6 is 0 Å². The first-order valence-electron chi connectivity index (χ1n) is 7.02. The van der Waals surface area contributed by atoms with E-state index in [9.17, 15) is 22.0 Å². The molecule has 1 aliphatic heterocycles. The van der Waals surface area contributed by atoms with Gasteiger partial charge in [0.25, 0.3) is 5.92 Å². The highest BCUT2D eigenvalue weighted by Gasteiger charge is 2.44. The molecule has 0 radical (unpaired) electrons. The molecule has 4 nitrogen and oxygen atoms in total. The summed E-state index contributed by atoms with van der Waals surface area (Å²) in [7, 11) is 0. The van der Waals surface area contributed by atoms with Gasteiger partial charge in [0.05, 0.1) is 0 Å². The highest BCUT2D eigenvalue weighted by atomic mass is 19.4. The van der Waals surface area contributed by atoms with Crippen molar-refractivity contribution in [2.75, 3.05) is 32.8 Å². The number of hydrogen-bond donors (Lipinski definition) is 2. The van der Waals surface area contributed by atoms with E-state index in [1.807, 2.05) is 0 Å². The number of benzene rings is 1. The smallest absolute Gasteiger partial charge is 0.406 e. The Balaban J connectivity index is 2.33. The Morgan fingerprint density at radius 3 is 2.39 bits per heavy atom. The first-order chi connectivity index (χ1) is 10.7. The van der Waals surface area contributed by atoms with Crippen molar-refractivity contribution in [3.63, 3.8) is 0 Å². The van der Waals surface area contributed by atoms with E-state index in [4.69, 9.17) is 5.11 Å². The van der Waals surface area contributed by atoms with Crippen molar-refractivity contribution < 1.29 is 31.8 Å². The standard InChI is InChI=1S/C14H17F5N2O2/c15-13(16,9-22)12(21-6-4-20-5-7-21)10-2-1-3-11(8-10)23-14(17,18)19/h1-3,8,12,20,22H,4-7,9H2/t12-/m1/s1. The van der Waals surface area contributed by atoms with Crippen LogP contribution in [0.1, 0.15) is 11.6 Å². The average Bonchev–Trinajstić information content (AvgIpc) is 2.47. The van der Waals surface area contributed by atoms with Crippen molar-refractivity contribution >= 4 is 0 Å². The van der Waals surface area contributed by atoms with Crippen molar-refractivity contribution in [3.8, 4) is 5.75 Å². The molecule has 1 fully saturated rings. The lowest BCUT2D eigenvalue weighted by molar-refractivity contribution is -0.274. The van der Waals surface area contributed by atoms with Gasteiger partial charge >= 0.3 is 6.36 Å². The first-order valence-corrected chi connectivity index (χ1v) is 7.02. The number of alkyl halides is 5. The summed E-state index contributed by atoms with van der Waals surface area (Å²) in [6.45, 7) is 0.161. The third-order valence-corrected chi connectivity index (χ3v) is 3.54. The molecule has 9 heteroatoms. The second-order valence-corrected chi connectivity index (χ2v) is 5.23. The van der Waals surface area contributed by atoms with E-state index < -0.39 is 30.7 Å². The minimum Gasteiger partial charge on any atom is -0.406 e. The molecule has 0 bridgehead atoms. The summed E-state index contributed by atoms with van der Waals surface area (Å²) in [6, 6.07) is 2.98. The number of rotatable bonds is 5. The van der Waals surface area contributed by atoms with Gasteiger partial charge in [-0.05, 0) is 17.7 Å². The highest BCUT2D eigenvalue weighted by Crippen LogP contribution is 2.38. The molecule has 0 spiro atoms. The molecule has 1 saturated heterocycles. The maximum absolute atomic E-state index is 14.2. The van der Waals surface area contributed by atoms with E-state index in [1.165, 1.54) is 17.0 Å². The van der Waals surface area contributed by atoms with Crippen LogP contribution in [0.25, 0.3) is 0 Å². The Morgan fingerprint density at radius 1 is 1.17 bits per heavy atom. The number of aliphatic hydroxyl groups is 1. The van der Waals surface area contributed by atoms with Gasteiger partial charge in [0.1, 0.15) is 18.4 Å². The molecular formula is C14H17F5N2O2. The molecule has 1 atom stereocenters. The Bertz CT molecular complexity index is 518. The van der Waals surface area contributed by atoms with E-state index in [-0.39, 0.29) is 5.56 Å². The zero-order valence-corrected chi connectivity index (χ0v) is 12.1. The first kappa shape index (κ1) is 17.9. The maximum Gasteiger partial charge on any atom is 0.573 e. The largest absolute Gasteiger partial charge is 0.573 e. The minimum absolute atomic E-state index is 0.0345. The third kappa shape index (κ3) is 4.76. The Hall–Kier alpha value is -1.45. The lowest BCUT2D eigenvalue weighted by Crippen LogP contribution is -2.51. The Labute approximate surface area is 129 Å². The van der Waals surface area contributed by atoms with Gasteiger partial charge < -0.3 is 15.2 Å². The van der Waals surface area contributed by atoms with Gasteiger partial charge in [0, 0.05) is 26.2 Å². The second-order valence-electron chi connectivity index (χ2n) is 5.23. The third-order valence-electron chi connectivity index (χ3n) is 3.54. The highest BCUT2D eigenvalue weighted by molar-refractivity contribution is 5.32. The van der Waals surface area contributed by atoms with Gasteiger partial charge in [-0.1, -0.05) is 12.1 Å². The van der Waals surface area contributed by atoms with E-state index >= 15 is 0 Å². The van der Waals surface area contributed by atoms with Crippen molar-refractivity contribution in [2.45, 2.75) is 18.3 Å². The van der Waals surface area contributed by atoms with Crippen molar-refractivity contribution in [3.05, 3.63) is 29.8 Å². The number of hydrogen-bond acceptors (Lipinski definition) is 4. The normalized spacial score (nSPS) is 18.7. The van der Waals surface area contributed by atoms with Crippen LogP contribution in [0.5, 0.6) is 5.75 Å². The van der Waals surface area contributed by atoms with Crippen molar-refractivity contribution in [1.82, 2.24) is 10.2 Å². The molecule has 1 aromatic carbocycles. The lowest BCUT2D eigenvalue weighted by atomic mass is 9.98. The van der Waals surface area contributed by atoms with E-state index in [2.05, 4.69) is 10.1 Å². The number of ether oxygens (including phenoxy) is 1. The summed E-state index contributed by atoms with van der Waals surface area (Å²) in [4.78, 5) is 1.44. The van der Waals surface area contributed by atoms with E-state index in [0.29, 0.717) is 26.2 Å². The zero-order valence-electron chi connectivity index (χ0n) is 12.1. The summed E-state index contributed by atoms with van der Waals surface area (Å²) >= 11 is 0. The van der Waals surface area contributed by atoms with Crippen LogP contribution < -0.4 is 10.1 Å². The van der Waals surface area contributed by atoms with Crippen LogP contribution in [-0.4, -0.2) is 55.1 Å². The predicted molar refractivity (Wildman–Crippen MR) is 72.3 cm³/mol. The van der Waals surface area contributed by atoms with Gasteiger partial charge in [-0.3, -0.25) is 4.90 Å². The molecule has 2 N–H and O–H groups in total. The number of nitrogens with one attached hydrogen (secondary N) is 1. The number of piperazine rings is 1. The summed E-state index contributed by atoms with van der Waals surface area (Å²) in [6.07, 6.45) is -4.90. The fraction of sp³-hybridized carbons (Fsp3) is 0.571.